The molecule has 2 N–H and O–H groups in total. The van der Waals surface area contributed by atoms with Crippen molar-refractivity contribution in [2.75, 3.05) is 11.1 Å². The highest BCUT2D eigenvalue weighted by atomic mass is 32.2. The second-order valence-electron chi connectivity index (χ2n) is 5.86. The minimum atomic E-state index is -0.0567. The van der Waals surface area contributed by atoms with Gasteiger partial charge in [-0.3, -0.25) is 19.4 Å². The second kappa shape index (κ2) is 9.76. The van der Waals surface area contributed by atoms with Crippen LogP contribution in [0.3, 0.4) is 0 Å². The Balaban J connectivity index is 1.57. The average molecular weight is 433 g/mol. The highest BCUT2D eigenvalue weighted by Crippen LogP contribution is 2.31. The normalized spacial score (nSPS) is 10.8. The monoisotopic (exact) mass is 432 g/mol. The number of aromatic nitrogens is 5. The second-order valence-corrected chi connectivity index (χ2v) is 8.35. The largest absolute Gasteiger partial charge is 0.302 e. The van der Waals surface area contributed by atoms with Gasteiger partial charge in [-0.25, -0.2) is 4.98 Å². The Morgan fingerprint density at radius 1 is 1.50 bits per heavy atom. The number of allylic oxidation sites excluding steroid dienone is 1. The number of aromatic amines is 1. The van der Waals surface area contributed by atoms with Gasteiger partial charge in [0, 0.05) is 30.7 Å². The first-order valence-corrected chi connectivity index (χ1v) is 11.0. The van der Waals surface area contributed by atoms with Gasteiger partial charge in [0.2, 0.25) is 5.91 Å². The molecule has 0 aliphatic carbocycles. The van der Waals surface area contributed by atoms with E-state index in [1.165, 1.54) is 11.3 Å². The van der Waals surface area contributed by atoms with Gasteiger partial charge in [0.25, 0.3) is 0 Å². The summed E-state index contributed by atoms with van der Waals surface area (Å²) in [6, 6.07) is 5.84. The predicted octanol–water partition coefficient (Wildman–Crippen LogP) is 4.22. The molecule has 3 rings (SSSR count). The SMILES string of the molecule is C=CCn1c(-c2sc(NC(=O)CCSCc3ccccn3)nc2C)n[nH]c1=S. The third kappa shape index (κ3) is 5.15. The molecule has 0 saturated heterocycles. The third-order valence-electron chi connectivity index (χ3n) is 3.77. The quantitative estimate of drug-likeness (QED) is 0.299. The lowest BCUT2D eigenvalue weighted by Gasteiger charge is -2.02. The van der Waals surface area contributed by atoms with Crippen LogP contribution >= 0.6 is 35.3 Å². The van der Waals surface area contributed by atoms with Gasteiger partial charge in [0.05, 0.1) is 16.3 Å². The highest BCUT2D eigenvalue weighted by Gasteiger charge is 2.17. The molecule has 3 aromatic rings. The number of hydrogen-bond acceptors (Lipinski definition) is 7. The molecule has 0 fully saturated rings. The molecule has 28 heavy (non-hydrogen) atoms. The van der Waals surface area contributed by atoms with E-state index in [-0.39, 0.29) is 5.91 Å². The van der Waals surface area contributed by atoms with E-state index in [2.05, 4.69) is 32.1 Å². The lowest BCUT2D eigenvalue weighted by Crippen LogP contribution is -2.12. The summed E-state index contributed by atoms with van der Waals surface area (Å²) in [6.45, 7) is 6.19. The molecule has 1 amide bonds. The van der Waals surface area contributed by atoms with Crippen LogP contribution < -0.4 is 5.32 Å². The number of pyridine rings is 1. The van der Waals surface area contributed by atoms with Gasteiger partial charge in [-0.05, 0) is 31.3 Å². The maximum Gasteiger partial charge on any atom is 0.226 e. The van der Waals surface area contributed by atoms with Crippen LogP contribution in [-0.2, 0) is 17.1 Å². The highest BCUT2D eigenvalue weighted by molar-refractivity contribution is 7.98. The fraction of sp³-hybridized carbons (Fsp3) is 0.278. The summed E-state index contributed by atoms with van der Waals surface area (Å²) in [4.78, 5) is 21.8. The van der Waals surface area contributed by atoms with E-state index >= 15 is 0 Å². The summed E-state index contributed by atoms with van der Waals surface area (Å²) in [5.41, 5.74) is 1.81. The molecule has 0 aromatic carbocycles. The Bertz CT molecular complexity index is 1010. The number of thioether (sulfide) groups is 1. The van der Waals surface area contributed by atoms with Crippen molar-refractivity contribution in [2.45, 2.75) is 25.6 Å². The van der Waals surface area contributed by atoms with E-state index in [0.29, 0.717) is 28.7 Å². The number of thiazole rings is 1. The van der Waals surface area contributed by atoms with Crippen molar-refractivity contribution in [1.82, 2.24) is 24.7 Å². The van der Waals surface area contributed by atoms with E-state index in [9.17, 15) is 4.79 Å². The Hall–Kier alpha value is -2.30. The van der Waals surface area contributed by atoms with Crippen LogP contribution in [0.5, 0.6) is 0 Å². The number of nitrogens with one attached hydrogen (secondary N) is 2. The lowest BCUT2D eigenvalue weighted by molar-refractivity contribution is -0.115. The fourth-order valence-electron chi connectivity index (χ4n) is 2.45. The molecule has 3 heterocycles. The topological polar surface area (TPSA) is 88.5 Å². The van der Waals surface area contributed by atoms with Crippen LogP contribution in [-0.4, -0.2) is 36.4 Å². The van der Waals surface area contributed by atoms with Crippen molar-refractivity contribution in [2.24, 2.45) is 0 Å². The van der Waals surface area contributed by atoms with Gasteiger partial charge in [-0.1, -0.05) is 23.5 Å². The maximum atomic E-state index is 12.2. The first-order valence-electron chi connectivity index (χ1n) is 8.60. The zero-order valence-electron chi connectivity index (χ0n) is 15.3. The number of rotatable bonds is 9. The minimum absolute atomic E-state index is 0.0567. The predicted molar refractivity (Wildman–Crippen MR) is 117 cm³/mol. The molecular formula is C18H20N6OS3. The van der Waals surface area contributed by atoms with Gasteiger partial charge < -0.3 is 5.32 Å². The zero-order valence-corrected chi connectivity index (χ0v) is 17.8. The van der Waals surface area contributed by atoms with Crippen LogP contribution in [0.1, 0.15) is 17.8 Å². The minimum Gasteiger partial charge on any atom is -0.302 e. The maximum absolute atomic E-state index is 12.2. The summed E-state index contributed by atoms with van der Waals surface area (Å²) < 4.78 is 2.38. The average Bonchev–Trinajstić information content (AvgIpc) is 3.22. The number of carbonyl (C=O) groups is 1. The molecule has 0 atom stereocenters. The summed E-state index contributed by atoms with van der Waals surface area (Å²) in [6.07, 6.45) is 3.95. The summed E-state index contributed by atoms with van der Waals surface area (Å²) in [7, 11) is 0. The van der Waals surface area contributed by atoms with E-state index in [1.807, 2.05) is 29.7 Å². The number of H-pyrrole nitrogens is 1. The van der Waals surface area contributed by atoms with Gasteiger partial charge in [-0.15, -0.1) is 6.58 Å². The van der Waals surface area contributed by atoms with Gasteiger partial charge in [0.1, 0.15) is 0 Å². The first-order chi connectivity index (χ1) is 13.6. The number of amides is 1. The van der Waals surface area contributed by atoms with Crippen molar-refractivity contribution in [3.05, 3.63) is 53.2 Å². The molecular weight excluding hydrogens is 412 g/mol. The van der Waals surface area contributed by atoms with Gasteiger partial charge in [-0.2, -0.15) is 16.9 Å². The molecule has 3 aromatic heterocycles. The number of anilines is 1. The molecule has 0 aliphatic rings. The number of hydrogen-bond donors (Lipinski definition) is 2. The molecule has 0 bridgehead atoms. The summed E-state index contributed by atoms with van der Waals surface area (Å²) in [5, 5.41) is 10.5. The van der Waals surface area contributed by atoms with Gasteiger partial charge >= 0.3 is 0 Å². The number of carbonyl (C=O) groups excluding carboxylic acids is 1. The van der Waals surface area contributed by atoms with Crippen molar-refractivity contribution >= 4 is 46.4 Å². The van der Waals surface area contributed by atoms with E-state index in [0.717, 1.165) is 27.8 Å². The van der Waals surface area contributed by atoms with Gasteiger partial charge in [0.15, 0.2) is 15.7 Å². The molecule has 0 radical (unpaired) electrons. The molecule has 0 unspecified atom stereocenters. The van der Waals surface area contributed by atoms with E-state index in [4.69, 9.17) is 12.2 Å². The molecule has 0 saturated carbocycles. The number of aryl methyl sites for hydroxylation is 1. The standard InChI is InChI=1S/C18H20N6OS3/c1-3-9-24-16(22-23-18(24)26)15-12(2)20-17(28-15)21-14(25)7-10-27-11-13-6-4-5-8-19-13/h3-6,8H,1,7,9-11H2,2H3,(H,23,26)(H,20,21,25). The molecule has 0 aliphatic heterocycles. The molecule has 146 valence electrons. The van der Waals surface area contributed by atoms with Crippen LogP contribution in [0.2, 0.25) is 0 Å². The first kappa shape index (κ1) is 20.4. The van der Waals surface area contributed by atoms with Crippen LogP contribution in [0.25, 0.3) is 10.7 Å². The third-order valence-corrected chi connectivity index (χ3v) is 6.14. The van der Waals surface area contributed by atoms with Crippen molar-refractivity contribution in [1.29, 1.82) is 0 Å². The smallest absolute Gasteiger partial charge is 0.226 e. The van der Waals surface area contributed by atoms with Crippen LogP contribution in [0.4, 0.5) is 5.13 Å². The van der Waals surface area contributed by atoms with Crippen molar-refractivity contribution in [3.63, 3.8) is 0 Å². The van der Waals surface area contributed by atoms with Crippen LogP contribution in [0, 0.1) is 11.7 Å². The van der Waals surface area contributed by atoms with E-state index < -0.39 is 0 Å². The molecule has 10 heteroatoms. The lowest BCUT2D eigenvalue weighted by atomic mass is 10.3. The van der Waals surface area contributed by atoms with E-state index in [1.54, 1.807) is 24.0 Å². The summed E-state index contributed by atoms with van der Waals surface area (Å²) in [5.74, 6) is 2.16. The Kier molecular flexibility index (Phi) is 7.12. The van der Waals surface area contributed by atoms with Crippen molar-refractivity contribution in [3.8, 4) is 10.7 Å². The fourth-order valence-corrected chi connectivity index (χ4v) is 4.50. The number of nitrogens with zero attached hydrogens (tertiary/aromatic N) is 4. The zero-order chi connectivity index (χ0) is 19.9. The Labute approximate surface area is 176 Å². The Morgan fingerprint density at radius 3 is 3.11 bits per heavy atom. The van der Waals surface area contributed by atoms with Crippen molar-refractivity contribution < 1.29 is 4.79 Å². The molecule has 7 nitrogen and oxygen atoms in total. The summed E-state index contributed by atoms with van der Waals surface area (Å²) >= 11 is 8.33. The Morgan fingerprint density at radius 2 is 2.36 bits per heavy atom. The molecule has 0 spiro atoms. The van der Waals surface area contributed by atoms with Crippen LogP contribution in [0.15, 0.2) is 37.1 Å².